The quantitative estimate of drug-likeness (QED) is 0.629. The molecule has 0 aromatic heterocycles. The number of hydrogen-bond acceptors (Lipinski definition) is 3. The number of carbonyl (C=O) groups excluding carboxylic acids is 2. The summed E-state index contributed by atoms with van der Waals surface area (Å²) in [4.78, 5) is 23.5. The van der Waals surface area contributed by atoms with Gasteiger partial charge in [-0.05, 0) is 31.2 Å². The molecule has 5 heteroatoms. The first-order valence-electron chi connectivity index (χ1n) is 5.62. The van der Waals surface area contributed by atoms with Crippen LogP contribution < -0.4 is 10.6 Å². The molecule has 0 radical (unpaired) electrons. The van der Waals surface area contributed by atoms with Crippen LogP contribution in [0.15, 0.2) is 36.0 Å². The van der Waals surface area contributed by atoms with Gasteiger partial charge in [-0.3, -0.25) is 9.59 Å². The van der Waals surface area contributed by atoms with Crippen LogP contribution >= 0.6 is 11.6 Å². The lowest BCUT2D eigenvalue weighted by molar-refractivity contribution is -0.119. The highest BCUT2D eigenvalue weighted by molar-refractivity contribution is 6.30. The Hall–Kier alpha value is -1.81. The Morgan fingerprint density at radius 2 is 2.06 bits per heavy atom. The molecule has 1 aliphatic heterocycles. The van der Waals surface area contributed by atoms with Crippen molar-refractivity contribution in [3.63, 3.8) is 0 Å². The molecule has 4 nitrogen and oxygen atoms in total. The molecule has 1 fully saturated rings. The van der Waals surface area contributed by atoms with Crippen LogP contribution in [0, 0.1) is 0 Å². The SMILES string of the molecule is C[C@@H]1CN/C(=C\C(=O)c2ccc(Cl)cc2)C(=O)N1. The summed E-state index contributed by atoms with van der Waals surface area (Å²) in [5, 5.41) is 6.26. The fraction of sp³-hybridized carbons (Fsp3) is 0.231. The predicted molar refractivity (Wildman–Crippen MR) is 69.5 cm³/mol. The van der Waals surface area contributed by atoms with E-state index in [0.717, 1.165) is 0 Å². The molecule has 0 unspecified atom stereocenters. The first-order valence-corrected chi connectivity index (χ1v) is 6.00. The molecule has 94 valence electrons. The number of amides is 1. The Morgan fingerprint density at radius 3 is 2.67 bits per heavy atom. The van der Waals surface area contributed by atoms with Crippen molar-refractivity contribution in [2.45, 2.75) is 13.0 Å². The minimum atomic E-state index is -0.254. The van der Waals surface area contributed by atoms with Crippen molar-refractivity contribution in [1.29, 1.82) is 0 Å². The average Bonchev–Trinajstić information content (AvgIpc) is 2.33. The molecule has 2 rings (SSSR count). The van der Waals surface area contributed by atoms with Gasteiger partial charge in [0, 0.05) is 29.2 Å². The minimum Gasteiger partial charge on any atom is -0.378 e. The van der Waals surface area contributed by atoms with E-state index in [0.29, 0.717) is 22.8 Å². The number of hydrogen-bond donors (Lipinski definition) is 2. The van der Waals surface area contributed by atoms with Crippen LogP contribution in [0.25, 0.3) is 0 Å². The van der Waals surface area contributed by atoms with Crippen molar-refractivity contribution in [3.8, 4) is 0 Å². The number of halogens is 1. The van der Waals surface area contributed by atoms with Gasteiger partial charge in [0.05, 0.1) is 0 Å². The van der Waals surface area contributed by atoms with Crippen LogP contribution in [-0.2, 0) is 4.79 Å². The van der Waals surface area contributed by atoms with Crippen molar-refractivity contribution in [3.05, 3.63) is 46.6 Å². The molecule has 1 amide bonds. The molecule has 1 aromatic carbocycles. The second kappa shape index (κ2) is 5.23. The lowest BCUT2D eigenvalue weighted by Crippen LogP contribution is -2.49. The van der Waals surface area contributed by atoms with Gasteiger partial charge in [-0.1, -0.05) is 11.6 Å². The molecule has 1 aromatic rings. The molecule has 2 N–H and O–H groups in total. The van der Waals surface area contributed by atoms with Crippen molar-refractivity contribution in [2.24, 2.45) is 0 Å². The van der Waals surface area contributed by atoms with E-state index in [1.807, 2.05) is 6.92 Å². The zero-order valence-corrected chi connectivity index (χ0v) is 10.6. The van der Waals surface area contributed by atoms with Crippen LogP contribution in [0.3, 0.4) is 0 Å². The minimum absolute atomic E-state index is 0.0697. The maximum atomic E-state index is 11.9. The second-order valence-electron chi connectivity index (χ2n) is 4.18. The lowest BCUT2D eigenvalue weighted by atomic mass is 10.1. The van der Waals surface area contributed by atoms with E-state index in [9.17, 15) is 9.59 Å². The molecule has 1 heterocycles. The highest BCUT2D eigenvalue weighted by Gasteiger charge is 2.19. The number of nitrogens with one attached hydrogen (secondary N) is 2. The molecule has 0 bridgehead atoms. The summed E-state index contributed by atoms with van der Waals surface area (Å²) in [6, 6.07) is 6.61. The van der Waals surface area contributed by atoms with E-state index in [4.69, 9.17) is 11.6 Å². The Kier molecular flexibility index (Phi) is 3.67. The zero-order chi connectivity index (χ0) is 13.1. The molecular weight excluding hydrogens is 252 g/mol. The van der Waals surface area contributed by atoms with Crippen LogP contribution in [0.1, 0.15) is 17.3 Å². The Labute approximate surface area is 110 Å². The molecule has 1 atom stereocenters. The number of allylic oxidation sites excluding steroid dienone is 1. The standard InChI is InChI=1S/C13H13ClN2O2/c1-8-7-15-11(13(18)16-8)6-12(17)9-2-4-10(14)5-3-9/h2-6,8,15H,7H2,1H3,(H,16,18)/b11-6-/t8-/m1/s1. The summed E-state index contributed by atoms with van der Waals surface area (Å²) in [6.45, 7) is 2.51. The van der Waals surface area contributed by atoms with Crippen LogP contribution in [-0.4, -0.2) is 24.3 Å². The van der Waals surface area contributed by atoms with Gasteiger partial charge in [-0.2, -0.15) is 0 Å². The first-order chi connectivity index (χ1) is 8.56. The van der Waals surface area contributed by atoms with E-state index in [1.54, 1.807) is 24.3 Å². The molecule has 1 saturated heterocycles. The van der Waals surface area contributed by atoms with Crippen molar-refractivity contribution in [1.82, 2.24) is 10.6 Å². The number of rotatable bonds is 2. The third-order valence-electron chi connectivity index (χ3n) is 2.62. The zero-order valence-electron chi connectivity index (χ0n) is 9.87. The van der Waals surface area contributed by atoms with Gasteiger partial charge in [0.1, 0.15) is 5.70 Å². The Bertz CT molecular complexity index is 508. The fourth-order valence-electron chi connectivity index (χ4n) is 1.64. The van der Waals surface area contributed by atoms with Gasteiger partial charge in [0.15, 0.2) is 5.78 Å². The van der Waals surface area contributed by atoms with Crippen LogP contribution in [0.4, 0.5) is 0 Å². The van der Waals surface area contributed by atoms with Gasteiger partial charge >= 0.3 is 0 Å². The van der Waals surface area contributed by atoms with E-state index in [1.165, 1.54) is 6.08 Å². The molecule has 1 aliphatic rings. The summed E-state index contributed by atoms with van der Waals surface area (Å²) in [5.41, 5.74) is 0.799. The lowest BCUT2D eigenvalue weighted by Gasteiger charge is -2.23. The molecule has 0 aliphatic carbocycles. The molecular formula is C13H13ClN2O2. The summed E-state index contributed by atoms with van der Waals surface area (Å²) in [7, 11) is 0. The third-order valence-corrected chi connectivity index (χ3v) is 2.88. The maximum Gasteiger partial charge on any atom is 0.267 e. The molecule has 0 saturated carbocycles. The number of carbonyl (C=O) groups is 2. The Balaban J connectivity index is 2.15. The monoisotopic (exact) mass is 264 g/mol. The smallest absolute Gasteiger partial charge is 0.267 e. The summed E-state index contributed by atoms with van der Waals surface area (Å²) >= 11 is 5.74. The Morgan fingerprint density at radius 1 is 1.39 bits per heavy atom. The first kappa shape index (κ1) is 12.6. The van der Waals surface area contributed by atoms with Gasteiger partial charge in [0.2, 0.25) is 0 Å². The van der Waals surface area contributed by atoms with Crippen molar-refractivity contribution in [2.75, 3.05) is 6.54 Å². The predicted octanol–water partition coefficient (Wildman–Crippen LogP) is 1.51. The summed E-state index contributed by atoms with van der Waals surface area (Å²) in [5.74, 6) is -0.477. The average molecular weight is 265 g/mol. The largest absolute Gasteiger partial charge is 0.378 e. The number of ketones is 1. The van der Waals surface area contributed by atoms with E-state index in [-0.39, 0.29) is 17.7 Å². The van der Waals surface area contributed by atoms with Crippen molar-refractivity contribution < 1.29 is 9.59 Å². The number of piperazine rings is 1. The second-order valence-corrected chi connectivity index (χ2v) is 4.62. The summed E-state index contributed by atoms with van der Waals surface area (Å²) < 4.78 is 0. The number of benzene rings is 1. The summed E-state index contributed by atoms with van der Waals surface area (Å²) in [6.07, 6.45) is 1.31. The molecule has 18 heavy (non-hydrogen) atoms. The van der Waals surface area contributed by atoms with Gasteiger partial charge in [-0.15, -0.1) is 0 Å². The van der Waals surface area contributed by atoms with Crippen LogP contribution in [0.5, 0.6) is 0 Å². The van der Waals surface area contributed by atoms with E-state index < -0.39 is 0 Å². The van der Waals surface area contributed by atoms with Gasteiger partial charge < -0.3 is 10.6 Å². The van der Waals surface area contributed by atoms with Gasteiger partial charge in [-0.25, -0.2) is 0 Å². The van der Waals surface area contributed by atoms with E-state index >= 15 is 0 Å². The van der Waals surface area contributed by atoms with E-state index in [2.05, 4.69) is 10.6 Å². The molecule has 0 spiro atoms. The van der Waals surface area contributed by atoms with Gasteiger partial charge in [0.25, 0.3) is 5.91 Å². The highest BCUT2D eigenvalue weighted by Crippen LogP contribution is 2.11. The maximum absolute atomic E-state index is 11.9. The topological polar surface area (TPSA) is 58.2 Å². The fourth-order valence-corrected chi connectivity index (χ4v) is 1.77. The third kappa shape index (κ3) is 2.90. The van der Waals surface area contributed by atoms with Crippen molar-refractivity contribution >= 4 is 23.3 Å². The van der Waals surface area contributed by atoms with Crippen LogP contribution in [0.2, 0.25) is 5.02 Å². The highest BCUT2D eigenvalue weighted by atomic mass is 35.5. The normalized spacial score (nSPS) is 21.3.